The Kier molecular flexibility index (Phi) is 9.42. The first-order valence-electron chi connectivity index (χ1n) is 6.73. The van der Waals surface area contributed by atoms with Gasteiger partial charge in [-0.25, -0.2) is 13.2 Å². The summed E-state index contributed by atoms with van der Waals surface area (Å²) in [5.41, 5.74) is -0.918. The van der Waals surface area contributed by atoms with Gasteiger partial charge in [0.2, 0.25) is 0 Å². The van der Waals surface area contributed by atoms with Crippen LogP contribution in [0.1, 0.15) is 0 Å². The highest BCUT2D eigenvalue weighted by Crippen LogP contribution is 2.61. The van der Waals surface area contributed by atoms with Gasteiger partial charge < -0.3 is 5.73 Å². The Morgan fingerprint density at radius 1 is 0.742 bits per heavy atom. The van der Waals surface area contributed by atoms with Crippen LogP contribution in [0.5, 0.6) is 0 Å². The van der Waals surface area contributed by atoms with Crippen molar-refractivity contribution >= 4 is 10.1 Å². The van der Waals surface area contributed by atoms with Crippen molar-refractivity contribution in [3.63, 3.8) is 0 Å². The molecule has 20 heteroatoms. The summed E-state index contributed by atoms with van der Waals surface area (Å²) in [5.74, 6) is -48.3. The van der Waals surface area contributed by atoms with E-state index in [9.17, 15) is 74.3 Å². The van der Waals surface area contributed by atoms with Gasteiger partial charge in [0.15, 0.2) is 0 Å². The van der Waals surface area contributed by atoms with Crippen molar-refractivity contribution in [2.75, 3.05) is 6.54 Å². The van der Waals surface area contributed by atoms with E-state index in [1.807, 2.05) is 0 Å². The Balaban J connectivity index is 0. The van der Waals surface area contributed by atoms with Crippen LogP contribution in [0, 0.1) is 0 Å². The first-order chi connectivity index (χ1) is 13.3. The maximum absolute atomic E-state index is 13.0. The van der Waals surface area contributed by atoms with Gasteiger partial charge in [0.1, 0.15) is 0 Å². The molecule has 0 saturated carbocycles. The number of halogens is 15. The zero-order chi connectivity index (χ0) is 26.1. The molecule has 0 amide bonds. The molecule has 0 aliphatic heterocycles. The van der Waals surface area contributed by atoms with E-state index < -0.39 is 57.6 Å². The van der Waals surface area contributed by atoms with Gasteiger partial charge in [-0.15, -0.1) is 6.58 Å². The van der Waals surface area contributed by atoms with Crippen molar-refractivity contribution in [1.29, 1.82) is 0 Å². The molecule has 0 heterocycles. The Morgan fingerprint density at radius 2 is 1.00 bits per heavy atom. The summed E-state index contributed by atoms with van der Waals surface area (Å²) in [6.07, 6.45) is -4.24. The van der Waals surface area contributed by atoms with Crippen LogP contribution in [0.15, 0.2) is 12.7 Å². The van der Waals surface area contributed by atoms with Gasteiger partial charge in [0.05, 0.1) is 0 Å². The highest BCUT2D eigenvalue weighted by atomic mass is 32.2. The van der Waals surface area contributed by atoms with E-state index in [4.69, 9.17) is 10.3 Å². The smallest absolute Gasteiger partial charge is 0.327 e. The minimum atomic E-state index is -8.44. The Hall–Kier alpha value is -1.44. The first-order valence-corrected chi connectivity index (χ1v) is 8.23. The van der Waals surface area contributed by atoms with Crippen molar-refractivity contribution < 1.29 is 78.8 Å². The molecule has 0 aliphatic carbocycles. The Bertz CT molecular complexity index is 722. The molecule has 1 unspecified atom stereocenters. The van der Waals surface area contributed by atoms with E-state index in [0.29, 0.717) is 6.54 Å². The minimum absolute atomic E-state index is 0.583. The molecule has 0 saturated heterocycles. The topological polar surface area (TPSA) is 80.4 Å². The Morgan fingerprint density at radius 3 is 1.19 bits per heavy atom. The van der Waals surface area contributed by atoms with Crippen LogP contribution in [0.25, 0.3) is 0 Å². The third kappa shape index (κ3) is 5.15. The van der Waals surface area contributed by atoms with Gasteiger partial charge in [-0.1, -0.05) is 6.08 Å². The summed E-state index contributed by atoms with van der Waals surface area (Å²) in [5, 5.41) is 0. The number of rotatable bonds is 9. The summed E-state index contributed by atoms with van der Waals surface area (Å²) in [6, 6.07) is 0. The van der Waals surface area contributed by atoms with Gasteiger partial charge in [-0.2, -0.15) is 61.1 Å². The molecule has 0 rings (SSSR count). The fourth-order valence-electron chi connectivity index (χ4n) is 1.28. The maximum Gasteiger partial charge on any atom is 0.384 e. The van der Waals surface area contributed by atoms with Gasteiger partial charge >= 0.3 is 52.1 Å². The van der Waals surface area contributed by atoms with E-state index in [-0.39, 0.29) is 0 Å². The standard InChI is InChI=1S/C8H3F15O3S.C3H7N/c9-1(10)3(12,13)5(16,17)7(20,21)8(22,23)6(18,19)4(14,15)2(11)27(24,25)26;1-2-3-4/h1-2H,(H,24,25,26);2H,1,3-4H2. The molecular formula is C11H10F15NO3S. The quantitative estimate of drug-likeness (QED) is 0.268. The van der Waals surface area contributed by atoms with E-state index >= 15 is 0 Å². The van der Waals surface area contributed by atoms with Crippen LogP contribution in [-0.2, 0) is 10.1 Å². The van der Waals surface area contributed by atoms with E-state index in [1.54, 1.807) is 6.08 Å². The summed E-state index contributed by atoms with van der Waals surface area (Å²) in [6.45, 7) is 3.94. The van der Waals surface area contributed by atoms with E-state index in [1.165, 1.54) is 0 Å². The lowest BCUT2D eigenvalue weighted by Gasteiger charge is -2.41. The fraction of sp³-hybridized carbons (Fsp3) is 0.818. The second-order valence-electron chi connectivity index (χ2n) is 5.20. The second-order valence-corrected chi connectivity index (χ2v) is 6.64. The molecule has 188 valence electrons. The number of alkyl halides is 15. The van der Waals surface area contributed by atoms with Gasteiger partial charge in [0, 0.05) is 6.54 Å². The molecule has 0 aromatic carbocycles. The van der Waals surface area contributed by atoms with Gasteiger partial charge in [-0.3, -0.25) is 4.55 Å². The predicted molar refractivity (Wildman–Crippen MR) is 71.4 cm³/mol. The minimum Gasteiger partial charge on any atom is -0.327 e. The van der Waals surface area contributed by atoms with Crippen LogP contribution in [-0.4, -0.2) is 67.0 Å². The molecule has 0 aromatic heterocycles. The number of nitrogens with two attached hydrogens (primary N) is 1. The Labute approximate surface area is 162 Å². The fourth-order valence-corrected chi connectivity index (χ4v) is 1.80. The SMILES string of the molecule is C=CCN.O=S(=O)(O)C(F)C(F)(F)C(F)(F)C(F)(F)C(F)(F)C(F)(F)C(F)(F)C(F)F. The van der Waals surface area contributed by atoms with Crippen LogP contribution in [0.4, 0.5) is 65.9 Å². The molecule has 0 fully saturated rings. The van der Waals surface area contributed by atoms with Gasteiger partial charge in [-0.05, 0) is 0 Å². The number of hydrogen-bond donors (Lipinski definition) is 2. The molecule has 3 N–H and O–H groups in total. The zero-order valence-electron chi connectivity index (χ0n) is 14.1. The molecule has 1 atom stereocenters. The molecule has 0 aromatic rings. The van der Waals surface area contributed by atoms with Crippen LogP contribution in [0.3, 0.4) is 0 Å². The third-order valence-electron chi connectivity index (χ3n) is 3.01. The molecule has 4 nitrogen and oxygen atoms in total. The monoisotopic (exact) mass is 521 g/mol. The van der Waals surface area contributed by atoms with Crippen molar-refractivity contribution in [1.82, 2.24) is 0 Å². The molecular weight excluding hydrogens is 511 g/mol. The second kappa shape index (κ2) is 9.20. The summed E-state index contributed by atoms with van der Waals surface area (Å²) >= 11 is 0. The van der Waals surface area contributed by atoms with E-state index in [2.05, 4.69) is 6.58 Å². The number of hydrogen-bond acceptors (Lipinski definition) is 3. The highest BCUT2D eigenvalue weighted by Gasteiger charge is 2.92. The third-order valence-corrected chi connectivity index (χ3v) is 3.83. The van der Waals surface area contributed by atoms with Crippen molar-refractivity contribution in [3.8, 4) is 0 Å². The summed E-state index contributed by atoms with van der Waals surface area (Å²) in [4.78, 5) is 0. The van der Waals surface area contributed by atoms with Crippen molar-refractivity contribution in [3.05, 3.63) is 12.7 Å². The van der Waals surface area contributed by atoms with Crippen molar-refractivity contribution in [2.45, 2.75) is 47.5 Å². The molecule has 0 bridgehead atoms. The lowest BCUT2D eigenvalue weighted by Crippen LogP contribution is -2.72. The van der Waals surface area contributed by atoms with Crippen LogP contribution >= 0.6 is 0 Å². The predicted octanol–water partition coefficient (Wildman–Crippen LogP) is 4.38. The summed E-state index contributed by atoms with van der Waals surface area (Å²) in [7, 11) is -7.06. The van der Waals surface area contributed by atoms with Crippen LogP contribution < -0.4 is 5.73 Å². The average Bonchev–Trinajstić information content (AvgIpc) is 2.59. The van der Waals surface area contributed by atoms with Crippen LogP contribution in [0.2, 0.25) is 0 Å². The van der Waals surface area contributed by atoms with E-state index in [0.717, 1.165) is 0 Å². The maximum atomic E-state index is 13.0. The average molecular weight is 521 g/mol. The summed E-state index contributed by atoms with van der Waals surface area (Å²) < 4.78 is 218. The normalized spacial score (nSPS) is 15.9. The largest absolute Gasteiger partial charge is 0.384 e. The van der Waals surface area contributed by atoms with Crippen molar-refractivity contribution in [2.24, 2.45) is 5.73 Å². The zero-order valence-corrected chi connectivity index (χ0v) is 14.9. The first kappa shape index (κ1) is 31.7. The molecule has 0 aliphatic rings. The van der Waals surface area contributed by atoms with Gasteiger partial charge in [0.25, 0.3) is 5.50 Å². The molecule has 0 radical (unpaired) electrons. The molecule has 0 spiro atoms. The highest BCUT2D eigenvalue weighted by molar-refractivity contribution is 7.86. The molecule has 31 heavy (non-hydrogen) atoms. The lowest BCUT2D eigenvalue weighted by atomic mass is 9.91. The lowest BCUT2D eigenvalue weighted by molar-refractivity contribution is -0.434.